The molecule has 2 aromatic rings. The summed E-state index contributed by atoms with van der Waals surface area (Å²) in [6.07, 6.45) is 4.42. The van der Waals surface area contributed by atoms with Gasteiger partial charge in [-0.3, -0.25) is 4.79 Å². The molecule has 1 aliphatic carbocycles. The summed E-state index contributed by atoms with van der Waals surface area (Å²) in [6, 6.07) is 12.3. The van der Waals surface area contributed by atoms with Crippen LogP contribution >= 0.6 is 0 Å². The lowest BCUT2D eigenvalue weighted by Gasteiger charge is -2.21. The summed E-state index contributed by atoms with van der Waals surface area (Å²) in [4.78, 5) is 23.8. The van der Waals surface area contributed by atoms with Gasteiger partial charge in [-0.2, -0.15) is 0 Å². The van der Waals surface area contributed by atoms with E-state index < -0.39 is 5.97 Å². The van der Waals surface area contributed by atoms with Gasteiger partial charge in [-0.05, 0) is 67.5 Å². The zero-order valence-electron chi connectivity index (χ0n) is 17.4. The molecule has 0 saturated heterocycles. The lowest BCUT2D eigenvalue weighted by molar-refractivity contribution is -0.118. The van der Waals surface area contributed by atoms with E-state index in [0.29, 0.717) is 13.0 Å². The number of hydrogen-bond donors (Lipinski definition) is 2. The highest BCUT2D eigenvalue weighted by atomic mass is 16.5. The van der Waals surface area contributed by atoms with Gasteiger partial charge in [0.2, 0.25) is 5.91 Å². The maximum atomic E-state index is 12.9. The average molecular weight is 409 g/mol. The molecule has 1 aliphatic rings. The topological polar surface area (TPSA) is 84.9 Å². The molecule has 2 aromatic carbocycles. The van der Waals surface area contributed by atoms with Gasteiger partial charge in [-0.1, -0.05) is 17.7 Å². The number of hydrogen-bond acceptors (Lipinski definition) is 4. The van der Waals surface area contributed by atoms with E-state index in [2.05, 4.69) is 5.32 Å². The Morgan fingerprint density at radius 3 is 2.17 bits per heavy atom. The molecule has 0 aliphatic heterocycles. The number of nitrogens with one attached hydrogen (secondary N) is 1. The van der Waals surface area contributed by atoms with Gasteiger partial charge in [-0.15, -0.1) is 0 Å². The number of ether oxygens (including phenoxy) is 2. The second-order valence-electron chi connectivity index (χ2n) is 7.37. The molecule has 3 rings (SSSR count). The maximum Gasteiger partial charge on any atom is 0.335 e. The van der Waals surface area contributed by atoms with E-state index in [1.165, 1.54) is 0 Å². The van der Waals surface area contributed by atoms with E-state index in [9.17, 15) is 9.59 Å². The van der Waals surface area contributed by atoms with Crippen LogP contribution in [0, 0.1) is 0 Å². The van der Waals surface area contributed by atoms with Crippen molar-refractivity contribution in [1.82, 2.24) is 5.32 Å². The fraction of sp³-hybridized carbons (Fsp3) is 0.333. The molecule has 158 valence electrons. The monoisotopic (exact) mass is 409 g/mol. The molecule has 0 atom stereocenters. The van der Waals surface area contributed by atoms with Crippen LogP contribution in [-0.4, -0.2) is 31.2 Å². The predicted octanol–water partition coefficient (Wildman–Crippen LogP) is 4.13. The molecule has 30 heavy (non-hydrogen) atoms. The summed E-state index contributed by atoms with van der Waals surface area (Å²) in [5, 5.41) is 12.0. The van der Waals surface area contributed by atoms with Crippen molar-refractivity contribution in [1.29, 1.82) is 0 Å². The van der Waals surface area contributed by atoms with Crippen molar-refractivity contribution in [2.45, 2.75) is 38.6 Å². The summed E-state index contributed by atoms with van der Waals surface area (Å²) in [6.45, 7) is 0.364. The number of carboxylic acid groups (broad SMARTS) is 1. The smallest absolute Gasteiger partial charge is 0.335 e. The third kappa shape index (κ3) is 5.41. The first-order valence-corrected chi connectivity index (χ1v) is 10.0. The van der Waals surface area contributed by atoms with Crippen LogP contribution < -0.4 is 14.8 Å². The lowest BCUT2D eigenvalue weighted by atomic mass is 9.87. The molecule has 1 amide bonds. The number of benzene rings is 2. The first-order valence-electron chi connectivity index (χ1n) is 10.0. The SMILES string of the molecule is COc1cc(CC2=C(C(=O)NCc3ccc(C(=O)O)cc3)CCCC2)cc(OC)c1. The molecule has 0 bridgehead atoms. The van der Waals surface area contributed by atoms with E-state index in [4.69, 9.17) is 14.6 Å². The number of methoxy groups -OCH3 is 2. The summed E-state index contributed by atoms with van der Waals surface area (Å²) < 4.78 is 10.7. The summed E-state index contributed by atoms with van der Waals surface area (Å²) in [5.74, 6) is 0.451. The van der Waals surface area contributed by atoms with Crippen LogP contribution in [-0.2, 0) is 17.8 Å². The van der Waals surface area contributed by atoms with E-state index in [-0.39, 0.29) is 11.5 Å². The number of allylic oxidation sites excluding steroid dienone is 1. The molecule has 0 fully saturated rings. The fourth-order valence-electron chi connectivity index (χ4n) is 3.71. The Labute approximate surface area is 176 Å². The number of amides is 1. The van der Waals surface area contributed by atoms with Crippen LogP contribution in [0.25, 0.3) is 0 Å². The quantitative estimate of drug-likeness (QED) is 0.685. The normalized spacial score (nSPS) is 13.7. The molecule has 2 N–H and O–H groups in total. The van der Waals surface area contributed by atoms with Crippen molar-refractivity contribution in [3.8, 4) is 11.5 Å². The molecule has 0 aromatic heterocycles. The van der Waals surface area contributed by atoms with Gasteiger partial charge in [-0.25, -0.2) is 4.79 Å². The van der Waals surface area contributed by atoms with Crippen LogP contribution in [0.15, 0.2) is 53.6 Å². The van der Waals surface area contributed by atoms with Crippen molar-refractivity contribution < 1.29 is 24.2 Å². The summed E-state index contributed by atoms with van der Waals surface area (Å²) >= 11 is 0. The number of carbonyl (C=O) groups excluding carboxylic acids is 1. The van der Waals surface area contributed by atoms with Crippen LogP contribution in [0.2, 0.25) is 0 Å². The van der Waals surface area contributed by atoms with Gasteiger partial charge in [0.05, 0.1) is 19.8 Å². The van der Waals surface area contributed by atoms with Crippen molar-refractivity contribution in [3.63, 3.8) is 0 Å². The van der Waals surface area contributed by atoms with Gasteiger partial charge < -0.3 is 19.9 Å². The Morgan fingerprint density at radius 1 is 0.933 bits per heavy atom. The third-order valence-corrected chi connectivity index (χ3v) is 5.34. The zero-order valence-corrected chi connectivity index (χ0v) is 17.4. The van der Waals surface area contributed by atoms with E-state index >= 15 is 0 Å². The van der Waals surface area contributed by atoms with Crippen LogP contribution in [0.5, 0.6) is 11.5 Å². The minimum absolute atomic E-state index is 0.0538. The average Bonchev–Trinajstić information content (AvgIpc) is 2.77. The minimum Gasteiger partial charge on any atom is -0.497 e. The molecule has 0 heterocycles. The zero-order chi connectivity index (χ0) is 21.5. The van der Waals surface area contributed by atoms with Crippen LogP contribution in [0.3, 0.4) is 0 Å². The van der Waals surface area contributed by atoms with Crippen molar-refractivity contribution >= 4 is 11.9 Å². The maximum absolute atomic E-state index is 12.9. The Bertz CT molecular complexity index is 924. The standard InChI is InChI=1S/C24H27NO5/c1-29-20-12-17(13-21(14-20)30-2)11-19-5-3-4-6-22(19)23(26)25-15-16-7-9-18(10-8-16)24(27)28/h7-10,12-14H,3-6,11,15H2,1-2H3,(H,25,26)(H,27,28). The Kier molecular flexibility index (Phi) is 7.12. The van der Waals surface area contributed by atoms with Crippen molar-refractivity contribution in [2.24, 2.45) is 0 Å². The molecule has 0 saturated carbocycles. The van der Waals surface area contributed by atoms with E-state index in [1.807, 2.05) is 18.2 Å². The van der Waals surface area contributed by atoms with E-state index in [0.717, 1.165) is 59.5 Å². The van der Waals surface area contributed by atoms with Crippen molar-refractivity contribution in [3.05, 3.63) is 70.3 Å². The first-order chi connectivity index (χ1) is 14.5. The molecule has 6 heteroatoms. The van der Waals surface area contributed by atoms with Crippen LogP contribution in [0.1, 0.15) is 47.2 Å². The molecule has 0 radical (unpaired) electrons. The second-order valence-corrected chi connectivity index (χ2v) is 7.37. The van der Waals surface area contributed by atoms with Gasteiger partial charge in [0.25, 0.3) is 0 Å². The Balaban J connectivity index is 1.73. The number of aromatic carboxylic acids is 1. The molecule has 6 nitrogen and oxygen atoms in total. The van der Waals surface area contributed by atoms with Crippen molar-refractivity contribution in [2.75, 3.05) is 14.2 Å². The fourth-order valence-corrected chi connectivity index (χ4v) is 3.71. The van der Waals surface area contributed by atoms with Gasteiger partial charge >= 0.3 is 5.97 Å². The second kappa shape index (κ2) is 9.96. The number of rotatable bonds is 8. The third-order valence-electron chi connectivity index (χ3n) is 5.34. The highest BCUT2D eigenvalue weighted by Gasteiger charge is 2.19. The van der Waals surface area contributed by atoms with Gasteiger partial charge in [0.1, 0.15) is 11.5 Å². The van der Waals surface area contributed by atoms with Gasteiger partial charge in [0.15, 0.2) is 0 Å². The molecule has 0 unspecified atom stereocenters. The highest BCUT2D eigenvalue weighted by molar-refractivity contribution is 5.94. The molecular formula is C24H27NO5. The van der Waals surface area contributed by atoms with Crippen LogP contribution in [0.4, 0.5) is 0 Å². The highest BCUT2D eigenvalue weighted by Crippen LogP contribution is 2.30. The number of carboxylic acids is 1. The predicted molar refractivity (Wildman–Crippen MR) is 114 cm³/mol. The minimum atomic E-state index is -0.961. The Morgan fingerprint density at radius 2 is 1.57 bits per heavy atom. The first kappa shape index (κ1) is 21.4. The Hall–Kier alpha value is -3.28. The number of carbonyl (C=O) groups is 2. The van der Waals surface area contributed by atoms with E-state index in [1.54, 1.807) is 38.5 Å². The summed E-state index contributed by atoms with van der Waals surface area (Å²) in [7, 11) is 3.25. The van der Waals surface area contributed by atoms with Gasteiger partial charge in [0, 0.05) is 18.2 Å². The molecular weight excluding hydrogens is 382 g/mol. The summed E-state index contributed by atoms with van der Waals surface area (Å²) in [5.41, 5.74) is 4.15. The molecule has 0 spiro atoms. The largest absolute Gasteiger partial charge is 0.497 e. The lowest BCUT2D eigenvalue weighted by Crippen LogP contribution is -2.27.